The minimum atomic E-state index is -0.386. The highest BCUT2D eigenvalue weighted by atomic mass is 32.2. The molecular formula is C22H22FN3O2S. The molecule has 7 heteroatoms. The van der Waals surface area contributed by atoms with Crippen molar-refractivity contribution in [1.82, 2.24) is 4.98 Å². The second kappa shape index (κ2) is 9.43. The lowest BCUT2D eigenvalue weighted by atomic mass is 10.1. The first kappa shape index (κ1) is 20.7. The Hall–Kier alpha value is -3.06. The van der Waals surface area contributed by atoms with Crippen molar-refractivity contribution in [3.05, 3.63) is 77.4 Å². The molecule has 2 aromatic carbocycles. The molecule has 0 aliphatic carbocycles. The van der Waals surface area contributed by atoms with E-state index in [0.29, 0.717) is 11.4 Å². The second-order valence-electron chi connectivity index (χ2n) is 6.45. The highest BCUT2D eigenvalue weighted by Crippen LogP contribution is 2.29. The summed E-state index contributed by atoms with van der Waals surface area (Å²) < 4.78 is 18.4. The van der Waals surface area contributed by atoms with Gasteiger partial charge in [0, 0.05) is 39.3 Å². The van der Waals surface area contributed by atoms with Crippen LogP contribution in [0.5, 0.6) is 5.75 Å². The maximum Gasteiger partial charge on any atom is 0.323 e. The van der Waals surface area contributed by atoms with Crippen LogP contribution in [0.15, 0.2) is 59.6 Å². The number of nitrogens with one attached hydrogen (secondary N) is 2. The van der Waals surface area contributed by atoms with Crippen molar-refractivity contribution < 1.29 is 13.9 Å². The van der Waals surface area contributed by atoms with Gasteiger partial charge in [0.25, 0.3) is 0 Å². The van der Waals surface area contributed by atoms with Crippen LogP contribution in [-0.2, 0) is 5.75 Å². The topological polar surface area (TPSA) is 63.2 Å². The number of thioether (sulfide) groups is 1. The number of ether oxygens (including phenoxy) is 1. The fourth-order valence-corrected chi connectivity index (χ4v) is 3.75. The fraction of sp³-hybridized carbons (Fsp3) is 0.182. The number of pyridine rings is 1. The molecule has 0 bridgehead atoms. The third-order valence-electron chi connectivity index (χ3n) is 4.34. The maximum atomic E-state index is 12.9. The number of amides is 2. The summed E-state index contributed by atoms with van der Waals surface area (Å²) in [5, 5.41) is 5.41. The number of benzene rings is 2. The van der Waals surface area contributed by atoms with Crippen molar-refractivity contribution in [2.24, 2.45) is 0 Å². The average molecular weight is 412 g/mol. The molecule has 0 radical (unpaired) electrons. The molecule has 0 saturated heterocycles. The van der Waals surface area contributed by atoms with Crippen LogP contribution in [0.4, 0.5) is 20.6 Å². The van der Waals surface area contributed by atoms with Crippen molar-refractivity contribution in [1.29, 1.82) is 0 Å². The number of nitrogens with zero attached hydrogens (tertiary/aromatic N) is 1. The van der Waals surface area contributed by atoms with Gasteiger partial charge in [-0.05, 0) is 62.4 Å². The molecule has 0 aliphatic rings. The Kier molecular flexibility index (Phi) is 6.72. The maximum absolute atomic E-state index is 12.9. The Balaban J connectivity index is 1.56. The van der Waals surface area contributed by atoms with Crippen LogP contribution in [-0.4, -0.2) is 18.1 Å². The average Bonchev–Trinajstić information content (AvgIpc) is 2.71. The smallest absolute Gasteiger partial charge is 0.323 e. The summed E-state index contributed by atoms with van der Waals surface area (Å²) in [5.41, 5.74) is 4.25. The van der Waals surface area contributed by atoms with E-state index in [9.17, 15) is 9.18 Å². The van der Waals surface area contributed by atoms with E-state index in [1.807, 2.05) is 44.3 Å². The van der Waals surface area contributed by atoms with Crippen LogP contribution in [0.1, 0.15) is 16.8 Å². The molecule has 0 atom stereocenters. The van der Waals surface area contributed by atoms with Gasteiger partial charge in [-0.25, -0.2) is 9.18 Å². The summed E-state index contributed by atoms with van der Waals surface area (Å²) in [6.45, 7) is 4.00. The van der Waals surface area contributed by atoms with Crippen molar-refractivity contribution in [2.75, 3.05) is 17.7 Å². The molecule has 0 saturated carbocycles. The van der Waals surface area contributed by atoms with E-state index in [2.05, 4.69) is 15.6 Å². The first-order chi connectivity index (χ1) is 14.0. The highest BCUT2D eigenvalue weighted by Gasteiger charge is 2.10. The zero-order chi connectivity index (χ0) is 20.8. The van der Waals surface area contributed by atoms with Gasteiger partial charge in [-0.3, -0.25) is 4.98 Å². The molecule has 0 spiro atoms. The number of carbonyl (C=O) groups is 1. The van der Waals surface area contributed by atoms with Gasteiger partial charge in [0.2, 0.25) is 0 Å². The quantitative estimate of drug-likeness (QED) is 0.505. The Morgan fingerprint density at radius 2 is 1.62 bits per heavy atom. The third-order valence-corrected chi connectivity index (χ3v) is 5.36. The number of aryl methyl sites for hydroxylation is 1. The Morgan fingerprint density at radius 3 is 2.21 bits per heavy atom. The van der Waals surface area contributed by atoms with Gasteiger partial charge in [-0.15, -0.1) is 11.8 Å². The predicted molar refractivity (Wildman–Crippen MR) is 115 cm³/mol. The van der Waals surface area contributed by atoms with Crippen LogP contribution in [0, 0.1) is 19.7 Å². The Bertz CT molecular complexity index is 992. The van der Waals surface area contributed by atoms with Crippen LogP contribution in [0.2, 0.25) is 0 Å². The highest BCUT2D eigenvalue weighted by molar-refractivity contribution is 7.98. The molecule has 2 amide bonds. The first-order valence-electron chi connectivity index (χ1n) is 9.02. The molecular weight excluding hydrogens is 389 g/mol. The lowest BCUT2D eigenvalue weighted by Gasteiger charge is -2.12. The van der Waals surface area contributed by atoms with Gasteiger partial charge in [0.1, 0.15) is 11.6 Å². The molecule has 5 nitrogen and oxygen atoms in total. The molecule has 0 aliphatic heterocycles. The number of hydrogen-bond acceptors (Lipinski definition) is 4. The second-order valence-corrected chi connectivity index (χ2v) is 7.49. The molecule has 1 heterocycles. The molecule has 3 rings (SSSR count). The Morgan fingerprint density at radius 1 is 1.03 bits per heavy atom. The van der Waals surface area contributed by atoms with Crippen molar-refractivity contribution in [3.63, 3.8) is 0 Å². The van der Waals surface area contributed by atoms with Crippen LogP contribution in [0.3, 0.4) is 0 Å². The zero-order valence-corrected chi connectivity index (χ0v) is 17.3. The summed E-state index contributed by atoms with van der Waals surface area (Å²) in [4.78, 5) is 17.6. The molecule has 3 aromatic rings. The van der Waals surface area contributed by atoms with Crippen LogP contribution in [0.25, 0.3) is 0 Å². The van der Waals surface area contributed by atoms with E-state index in [4.69, 9.17) is 4.74 Å². The van der Waals surface area contributed by atoms with Gasteiger partial charge in [0.05, 0.1) is 12.8 Å². The molecule has 29 heavy (non-hydrogen) atoms. The van der Waals surface area contributed by atoms with E-state index in [0.717, 1.165) is 33.2 Å². The summed E-state index contributed by atoms with van der Waals surface area (Å²) in [6, 6.07) is 12.8. The fourth-order valence-electron chi connectivity index (χ4n) is 2.83. The minimum absolute atomic E-state index is 0.349. The van der Waals surface area contributed by atoms with Crippen LogP contribution < -0.4 is 15.4 Å². The molecule has 150 valence electrons. The number of carbonyl (C=O) groups excluding carboxylic acids is 1. The van der Waals surface area contributed by atoms with E-state index in [1.54, 1.807) is 18.9 Å². The number of rotatable bonds is 6. The molecule has 0 unspecified atom stereocenters. The van der Waals surface area contributed by atoms with Crippen molar-refractivity contribution in [3.8, 4) is 5.75 Å². The van der Waals surface area contributed by atoms with Gasteiger partial charge in [-0.1, -0.05) is 0 Å². The van der Waals surface area contributed by atoms with E-state index in [1.165, 1.54) is 24.3 Å². The lowest BCUT2D eigenvalue weighted by Crippen LogP contribution is -2.19. The normalized spacial score (nSPS) is 10.5. The predicted octanol–water partition coefficient (Wildman–Crippen LogP) is 5.78. The number of anilines is 2. The number of urea groups is 1. The number of aromatic nitrogens is 1. The largest absolute Gasteiger partial charge is 0.496 e. The summed E-state index contributed by atoms with van der Waals surface area (Å²) in [6.07, 6.45) is 1.83. The first-order valence-corrected chi connectivity index (χ1v) is 10.0. The van der Waals surface area contributed by atoms with Crippen LogP contribution >= 0.6 is 11.8 Å². The Labute approximate surface area is 173 Å². The van der Waals surface area contributed by atoms with E-state index in [-0.39, 0.29) is 11.8 Å². The van der Waals surface area contributed by atoms with Gasteiger partial charge >= 0.3 is 6.03 Å². The van der Waals surface area contributed by atoms with Gasteiger partial charge in [-0.2, -0.15) is 0 Å². The summed E-state index contributed by atoms with van der Waals surface area (Å²) in [5.74, 6) is 1.25. The van der Waals surface area contributed by atoms with Crippen molar-refractivity contribution >= 4 is 29.2 Å². The van der Waals surface area contributed by atoms with Gasteiger partial charge < -0.3 is 15.4 Å². The molecule has 0 fully saturated rings. The number of hydrogen-bond donors (Lipinski definition) is 2. The minimum Gasteiger partial charge on any atom is -0.496 e. The van der Waals surface area contributed by atoms with E-state index < -0.39 is 0 Å². The number of halogens is 1. The number of methoxy groups -OCH3 is 1. The summed E-state index contributed by atoms with van der Waals surface area (Å²) >= 11 is 1.66. The standard InChI is InChI=1S/C22H22FN3O2S/c1-14-12-24-20(15(2)21(14)28-3)13-29-19-10-8-18(9-11-19)26-22(27)25-17-6-4-16(23)5-7-17/h4-12H,13H2,1-3H3,(H2,25,26,27). The summed E-state index contributed by atoms with van der Waals surface area (Å²) in [7, 11) is 1.67. The SMILES string of the molecule is COc1c(C)cnc(CSc2ccc(NC(=O)Nc3ccc(F)cc3)cc2)c1C. The van der Waals surface area contributed by atoms with E-state index >= 15 is 0 Å². The zero-order valence-electron chi connectivity index (χ0n) is 16.5. The lowest BCUT2D eigenvalue weighted by molar-refractivity contribution is 0.262. The molecule has 1 aromatic heterocycles. The van der Waals surface area contributed by atoms with Gasteiger partial charge in [0.15, 0.2) is 0 Å². The molecule has 2 N–H and O–H groups in total. The third kappa shape index (κ3) is 5.48. The van der Waals surface area contributed by atoms with Crippen molar-refractivity contribution in [2.45, 2.75) is 24.5 Å². The monoisotopic (exact) mass is 411 g/mol.